The molecule has 2 aromatic heterocycles. The van der Waals surface area contributed by atoms with Crippen LogP contribution in [0.25, 0.3) is 0 Å². The van der Waals surface area contributed by atoms with Gasteiger partial charge in [0, 0.05) is 25.0 Å². The van der Waals surface area contributed by atoms with Crippen molar-refractivity contribution in [1.82, 2.24) is 15.2 Å². The summed E-state index contributed by atoms with van der Waals surface area (Å²) in [4.78, 5) is 32.9. The average Bonchev–Trinajstić information content (AvgIpc) is 3.37. The Labute approximate surface area is 195 Å². The van der Waals surface area contributed by atoms with E-state index >= 15 is 0 Å². The van der Waals surface area contributed by atoms with Crippen LogP contribution in [0.1, 0.15) is 65.4 Å². The minimum atomic E-state index is -0.766. The molecule has 2 amide bonds. The van der Waals surface area contributed by atoms with Crippen molar-refractivity contribution in [3.8, 4) is 0 Å². The first kappa shape index (κ1) is 22.8. The second kappa shape index (κ2) is 10.9. The molecule has 6 heteroatoms. The van der Waals surface area contributed by atoms with E-state index in [0.29, 0.717) is 13.0 Å². The second-order valence-electron chi connectivity index (χ2n) is 8.74. The molecule has 0 aliphatic heterocycles. The summed E-state index contributed by atoms with van der Waals surface area (Å²) in [6.45, 7) is 2.43. The predicted octanol–water partition coefficient (Wildman–Crippen LogP) is 4.86. The number of pyridine rings is 1. The van der Waals surface area contributed by atoms with Crippen LogP contribution in [0.3, 0.4) is 0 Å². The molecule has 3 aromatic rings. The molecule has 1 aromatic carbocycles. The largest absolute Gasteiger partial charge is 0.459 e. The highest BCUT2D eigenvalue weighted by Crippen LogP contribution is 2.26. The summed E-state index contributed by atoms with van der Waals surface area (Å²) in [5.74, 6) is -0.228. The lowest BCUT2D eigenvalue weighted by molar-refractivity contribution is -0.126. The number of nitrogens with zero attached hydrogens (tertiary/aromatic N) is 2. The van der Waals surface area contributed by atoms with Crippen LogP contribution in [-0.2, 0) is 11.2 Å². The van der Waals surface area contributed by atoms with Crippen molar-refractivity contribution >= 4 is 11.8 Å². The van der Waals surface area contributed by atoms with E-state index in [1.165, 1.54) is 12.7 Å². The monoisotopic (exact) mass is 445 g/mol. The zero-order valence-corrected chi connectivity index (χ0v) is 19.1. The number of furan rings is 1. The predicted molar refractivity (Wildman–Crippen MR) is 127 cm³/mol. The Morgan fingerprint density at radius 1 is 1.09 bits per heavy atom. The van der Waals surface area contributed by atoms with Gasteiger partial charge in [-0.05, 0) is 61.6 Å². The molecule has 1 saturated carbocycles. The number of nitrogens with one attached hydrogen (secondary N) is 1. The number of aryl methyl sites for hydroxylation is 1. The Hall–Kier alpha value is -3.41. The molecule has 0 unspecified atom stereocenters. The maximum Gasteiger partial charge on any atom is 0.290 e. The molecule has 1 aliphatic rings. The first-order valence-electron chi connectivity index (χ1n) is 11.7. The molecular weight excluding hydrogens is 414 g/mol. The first-order chi connectivity index (χ1) is 16.1. The van der Waals surface area contributed by atoms with E-state index < -0.39 is 6.04 Å². The van der Waals surface area contributed by atoms with Gasteiger partial charge in [0.1, 0.15) is 6.04 Å². The fourth-order valence-electron chi connectivity index (χ4n) is 4.55. The van der Waals surface area contributed by atoms with Crippen LogP contribution >= 0.6 is 0 Å². The molecule has 0 bridgehead atoms. The molecule has 0 radical (unpaired) electrons. The van der Waals surface area contributed by atoms with Crippen LogP contribution in [0.2, 0.25) is 0 Å². The SMILES string of the molecule is Cc1cccc(CCN(C(=O)c2ccco2)[C@@H](C(=O)NC2CCCCC2)c2ccncc2)c1. The molecule has 0 spiro atoms. The molecule has 1 fully saturated rings. The fourth-order valence-corrected chi connectivity index (χ4v) is 4.55. The summed E-state index contributed by atoms with van der Waals surface area (Å²) in [6.07, 6.45) is 10.8. The van der Waals surface area contributed by atoms with Gasteiger partial charge in [-0.25, -0.2) is 0 Å². The average molecular weight is 446 g/mol. The van der Waals surface area contributed by atoms with E-state index in [2.05, 4.69) is 16.4 Å². The standard InChI is InChI=1S/C27H31N3O3/c1-20-7-5-8-21(19-20)14-17-30(27(32)24-11-6-18-33-24)25(22-12-15-28-16-13-22)26(31)29-23-9-3-2-4-10-23/h5-8,11-13,15-16,18-19,23,25H,2-4,9-10,14,17H2,1H3,(H,29,31)/t25-/m1/s1. The molecule has 172 valence electrons. The maximum atomic E-state index is 13.6. The summed E-state index contributed by atoms with van der Waals surface area (Å²) < 4.78 is 5.43. The van der Waals surface area contributed by atoms with Crippen LogP contribution in [-0.4, -0.2) is 34.3 Å². The van der Waals surface area contributed by atoms with Crippen molar-refractivity contribution in [2.45, 2.75) is 57.5 Å². The number of hydrogen-bond acceptors (Lipinski definition) is 4. The van der Waals surface area contributed by atoms with Crippen molar-refractivity contribution in [2.75, 3.05) is 6.54 Å². The smallest absolute Gasteiger partial charge is 0.290 e. The van der Waals surface area contributed by atoms with Crippen molar-refractivity contribution in [3.63, 3.8) is 0 Å². The number of carbonyl (C=O) groups excluding carboxylic acids is 2. The van der Waals surface area contributed by atoms with Crippen LogP contribution in [0.15, 0.2) is 71.6 Å². The second-order valence-corrected chi connectivity index (χ2v) is 8.74. The zero-order valence-electron chi connectivity index (χ0n) is 19.1. The summed E-state index contributed by atoms with van der Waals surface area (Å²) in [7, 11) is 0. The quantitative estimate of drug-likeness (QED) is 0.537. The number of benzene rings is 1. The number of rotatable bonds is 8. The van der Waals surface area contributed by atoms with Crippen molar-refractivity contribution in [1.29, 1.82) is 0 Å². The molecule has 33 heavy (non-hydrogen) atoms. The van der Waals surface area contributed by atoms with Gasteiger partial charge in [-0.2, -0.15) is 0 Å². The molecule has 0 saturated heterocycles. The van der Waals surface area contributed by atoms with E-state index in [1.807, 2.05) is 25.1 Å². The highest BCUT2D eigenvalue weighted by Gasteiger charge is 2.34. The number of aromatic nitrogens is 1. The Kier molecular flexibility index (Phi) is 7.55. The van der Waals surface area contributed by atoms with Crippen LogP contribution in [0.5, 0.6) is 0 Å². The lowest BCUT2D eigenvalue weighted by Gasteiger charge is -2.33. The van der Waals surface area contributed by atoms with E-state index in [9.17, 15) is 9.59 Å². The summed E-state index contributed by atoms with van der Waals surface area (Å²) in [5, 5.41) is 3.22. The topological polar surface area (TPSA) is 75.4 Å². The van der Waals surface area contributed by atoms with Gasteiger partial charge in [0.25, 0.3) is 5.91 Å². The first-order valence-corrected chi connectivity index (χ1v) is 11.7. The van der Waals surface area contributed by atoms with Gasteiger partial charge in [0.15, 0.2) is 5.76 Å². The Balaban J connectivity index is 1.65. The van der Waals surface area contributed by atoms with Gasteiger partial charge in [-0.15, -0.1) is 0 Å². The number of hydrogen-bond donors (Lipinski definition) is 1. The molecule has 1 atom stereocenters. The van der Waals surface area contributed by atoms with Crippen LogP contribution in [0.4, 0.5) is 0 Å². The van der Waals surface area contributed by atoms with Crippen LogP contribution in [0, 0.1) is 6.92 Å². The number of carbonyl (C=O) groups is 2. The lowest BCUT2D eigenvalue weighted by Crippen LogP contribution is -2.47. The molecule has 1 aliphatic carbocycles. The van der Waals surface area contributed by atoms with Crippen LogP contribution < -0.4 is 5.32 Å². The molecule has 6 nitrogen and oxygen atoms in total. The maximum absolute atomic E-state index is 13.6. The Bertz CT molecular complexity index is 1040. The van der Waals surface area contributed by atoms with E-state index in [4.69, 9.17) is 4.42 Å². The molecule has 4 rings (SSSR count). The Morgan fingerprint density at radius 3 is 2.58 bits per heavy atom. The summed E-state index contributed by atoms with van der Waals surface area (Å²) in [5.41, 5.74) is 3.02. The summed E-state index contributed by atoms with van der Waals surface area (Å²) in [6, 6.07) is 14.5. The van der Waals surface area contributed by atoms with Gasteiger partial charge in [-0.1, -0.05) is 49.1 Å². The third-order valence-corrected chi connectivity index (χ3v) is 6.25. The highest BCUT2D eigenvalue weighted by atomic mass is 16.3. The third-order valence-electron chi connectivity index (χ3n) is 6.25. The molecule has 1 N–H and O–H groups in total. The highest BCUT2D eigenvalue weighted by molar-refractivity contribution is 5.96. The van der Waals surface area contributed by atoms with Crippen molar-refractivity contribution < 1.29 is 14.0 Å². The van der Waals surface area contributed by atoms with E-state index in [1.54, 1.807) is 41.6 Å². The lowest BCUT2D eigenvalue weighted by atomic mass is 9.94. The normalized spacial score (nSPS) is 15.1. The minimum Gasteiger partial charge on any atom is -0.459 e. The van der Waals surface area contributed by atoms with Gasteiger partial charge >= 0.3 is 0 Å². The van der Waals surface area contributed by atoms with Gasteiger partial charge in [-0.3, -0.25) is 14.6 Å². The van der Waals surface area contributed by atoms with Gasteiger partial charge < -0.3 is 14.6 Å². The molecule has 2 heterocycles. The fraction of sp³-hybridized carbons (Fsp3) is 0.370. The third kappa shape index (κ3) is 5.89. The summed E-state index contributed by atoms with van der Waals surface area (Å²) >= 11 is 0. The van der Waals surface area contributed by atoms with Crippen molar-refractivity contribution in [2.24, 2.45) is 0 Å². The molecular formula is C27H31N3O3. The van der Waals surface area contributed by atoms with E-state index in [-0.39, 0.29) is 23.6 Å². The van der Waals surface area contributed by atoms with E-state index in [0.717, 1.165) is 42.4 Å². The van der Waals surface area contributed by atoms with Gasteiger partial charge in [0.05, 0.1) is 6.26 Å². The Morgan fingerprint density at radius 2 is 1.88 bits per heavy atom. The minimum absolute atomic E-state index is 0.146. The number of amides is 2. The van der Waals surface area contributed by atoms with Crippen molar-refractivity contribution in [3.05, 3.63) is 89.6 Å². The zero-order chi connectivity index (χ0) is 23.0. The van der Waals surface area contributed by atoms with Gasteiger partial charge in [0.2, 0.25) is 5.91 Å².